The van der Waals surface area contributed by atoms with Crippen LogP contribution in [0.15, 0.2) is 70.8 Å². The average Bonchev–Trinajstić information content (AvgIpc) is 3.12. The van der Waals surface area contributed by atoms with Crippen LogP contribution in [0.4, 0.5) is 4.79 Å². The summed E-state index contributed by atoms with van der Waals surface area (Å²) in [5, 5.41) is 11.7. The van der Waals surface area contributed by atoms with Crippen LogP contribution in [0.2, 0.25) is 0 Å². The summed E-state index contributed by atoms with van der Waals surface area (Å²) in [4.78, 5) is 37.7. The van der Waals surface area contributed by atoms with E-state index in [0.717, 1.165) is 16.7 Å². The molecule has 0 atom stereocenters. The van der Waals surface area contributed by atoms with Crippen molar-refractivity contribution in [3.05, 3.63) is 98.7 Å². The zero-order chi connectivity index (χ0) is 26.5. The highest BCUT2D eigenvalue weighted by Crippen LogP contribution is 2.38. The van der Waals surface area contributed by atoms with E-state index in [4.69, 9.17) is 14.6 Å². The Balaban J connectivity index is 1.52. The van der Waals surface area contributed by atoms with Crippen LogP contribution in [-0.2, 0) is 17.9 Å². The molecule has 0 aliphatic carbocycles. The quantitative estimate of drug-likeness (QED) is 0.261. The van der Waals surface area contributed by atoms with Gasteiger partial charge in [-0.2, -0.15) is 0 Å². The molecule has 3 aromatic rings. The third kappa shape index (κ3) is 6.18. The number of urea groups is 1. The molecule has 2 N–H and O–H groups in total. The number of rotatable bonds is 9. The number of hydrogen-bond donors (Lipinski definition) is 2. The predicted octanol–water partition coefficient (Wildman–Crippen LogP) is 5.53. The van der Waals surface area contributed by atoms with Crippen molar-refractivity contribution in [1.29, 1.82) is 0 Å². The fourth-order valence-electron chi connectivity index (χ4n) is 3.73. The van der Waals surface area contributed by atoms with E-state index >= 15 is 0 Å². The van der Waals surface area contributed by atoms with E-state index in [1.165, 1.54) is 17.0 Å². The van der Waals surface area contributed by atoms with Crippen molar-refractivity contribution in [3.8, 4) is 11.5 Å². The summed E-state index contributed by atoms with van der Waals surface area (Å²) in [6.45, 7) is 4.58. The fraction of sp³-hybridized carbons (Fsp3) is 0.179. The molecule has 1 fully saturated rings. The molecule has 9 heteroatoms. The summed E-state index contributed by atoms with van der Waals surface area (Å²) in [6.07, 6.45) is 1.59. The van der Waals surface area contributed by atoms with Gasteiger partial charge in [0.15, 0.2) is 11.5 Å². The number of benzene rings is 3. The topological polar surface area (TPSA) is 105 Å². The van der Waals surface area contributed by atoms with Gasteiger partial charge in [0.05, 0.1) is 23.2 Å². The van der Waals surface area contributed by atoms with Gasteiger partial charge in [0.25, 0.3) is 5.91 Å². The van der Waals surface area contributed by atoms with E-state index < -0.39 is 17.9 Å². The third-order valence-electron chi connectivity index (χ3n) is 5.65. The Bertz CT molecular complexity index is 1370. The van der Waals surface area contributed by atoms with Crippen molar-refractivity contribution >= 4 is 39.9 Å². The number of carboxylic acids is 1. The maximum absolute atomic E-state index is 12.9. The number of carbonyl (C=O) groups excluding carboxylic acids is 2. The molecule has 1 saturated heterocycles. The molecule has 0 unspecified atom stereocenters. The Morgan fingerprint density at radius 1 is 1.03 bits per heavy atom. The van der Waals surface area contributed by atoms with Crippen LogP contribution < -0.4 is 14.8 Å². The summed E-state index contributed by atoms with van der Waals surface area (Å²) in [5.74, 6) is -0.480. The Hall–Kier alpha value is -4.11. The van der Waals surface area contributed by atoms with E-state index in [1.807, 2.05) is 38.1 Å². The number of imide groups is 1. The third-order valence-corrected chi connectivity index (χ3v) is 6.24. The van der Waals surface area contributed by atoms with Crippen LogP contribution in [0.5, 0.6) is 11.5 Å². The number of halogens is 1. The van der Waals surface area contributed by atoms with Crippen molar-refractivity contribution < 1.29 is 29.0 Å². The minimum atomic E-state index is -0.992. The average molecular weight is 565 g/mol. The smallest absolute Gasteiger partial charge is 0.335 e. The van der Waals surface area contributed by atoms with Crippen LogP contribution in [0.25, 0.3) is 6.08 Å². The molecule has 1 aliphatic rings. The van der Waals surface area contributed by atoms with Gasteiger partial charge in [-0.15, -0.1) is 0 Å². The van der Waals surface area contributed by atoms with Gasteiger partial charge < -0.3 is 19.9 Å². The molecule has 3 aromatic carbocycles. The Morgan fingerprint density at radius 2 is 1.70 bits per heavy atom. The number of amides is 3. The van der Waals surface area contributed by atoms with E-state index in [1.54, 1.807) is 30.3 Å². The van der Waals surface area contributed by atoms with Crippen molar-refractivity contribution in [2.45, 2.75) is 27.0 Å². The molecule has 1 heterocycles. The van der Waals surface area contributed by atoms with Crippen LogP contribution >= 0.6 is 15.9 Å². The van der Waals surface area contributed by atoms with Crippen molar-refractivity contribution in [2.75, 3.05) is 6.61 Å². The van der Waals surface area contributed by atoms with E-state index in [0.29, 0.717) is 28.1 Å². The number of aromatic carboxylic acids is 1. The normalized spacial score (nSPS) is 14.1. The summed E-state index contributed by atoms with van der Waals surface area (Å²) in [7, 11) is 0. The molecule has 4 rings (SSSR count). The molecule has 3 amide bonds. The Labute approximate surface area is 222 Å². The van der Waals surface area contributed by atoms with Gasteiger partial charge in [-0.3, -0.25) is 9.69 Å². The van der Waals surface area contributed by atoms with Crippen LogP contribution in [0, 0.1) is 6.92 Å². The van der Waals surface area contributed by atoms with Crippen LogP contribution in [0.1, 0.15) is 39.5 Å². The Morgan fingerprint density at radius 3 is 2.35 bits per heavy atom. The number of ether oxygens (including phenoxy) is 2. The second-order valence-corrected chi connectivity index (χ2v) is 9.27. The first-order chi connectivity index (χ1) is 17.7. The lowest BCUT2D eigenvalue weighted by Crippen LogP contribution is -2.30. The minimum absolute atomic E-state index is 0.165. The lowest BCUT2D eigenvalue weighted by molar-refractivity contribution is -0.123. The van der Waals surface area contributed by atoms with Gasteiger partial charge in [0.2, 0.25) is 0 Å². The molecule has 37 heavy (non-hydrogen) atoms. The molecular weight excluding hydrogens is 540 g/mol. The molecule has 0 radical (unpaired) electrons. The molecule has 0 bridgehead atoms. The first-order valence-corrected chi connectivity index (χ1v) is 12.4. The lowest BCUT2D eigenvalue weighted by atomic mass is 10.1. The lowest BCUT2D eigenvalue weighted by Gasteiger charge is -2.15. The van der Waals surface area contributed by atoms with Crippen LogP contribution in [0.3, 0.4) is 0 Å². The largest absolute Gasteiger partial charge is 0.490 e. The van der Waals surface area contributed by atoms with Gasteiger partial charge in [0.1, 0.15) is 12.3 Å². The van der Waals surface area contributed by atoms with Crippen molar-refractivity contribution in [2.24, 2.45) is 0 Å². The van der Waals surface area contributed by atoms with Crippen LogP contribution in [-0.4, -0.2) is 34.5 Å². The molecule has 0 aromatic heterocycles. The van der Waals surface area contributed by atoms with E-state index in [-0.39, 0.29) is 24.4 Å². The van der Waals surface area contributed by atoms with Crippen molar-refractivity contribution in [1.82, 2.24) is 10.2 Å². The standard InChI is InChI=1S/C28H25BrN2O6/c1-3-36-24-14-20(12-22(29)25(24)37-16-19-8-10-21(11-9-19)27(33)34)13-23-26(32)31(28(35)30-23)15-18-6-4-17(2)5-7-18/h4-14H,3,15-16H2,1-2H3,(H,30,35)(H,33,34)/b23-13+. The summed E-state index contributed by atoms with van der Waals surface area (Å²) in [6, 6.07) is 17.1. The number of carbonyl (C=O) groups is 3. The highest BCUT2D eigenvalue weighted by atomic mass is 79.9. The first kappa shape index (κ1) is 26.0. The first-order valence-electron chi connectivity index (χ1n) is 11.6. The zero-order valence-electron chi connectivity index (χ0n) is 20.3. The molecule has 0 spiro atoms. The molecular formula is C28H25BrN2O6. The van der Waals surface area contributed by atoms with E-state index in [2.05, 4.69) is 21.2 Å². The molecule has 8 nitrogen and oxygen atoms in total. The predicted molar refractivity (Wildman–Crippen MR) is 141 cm³/mol. The van der Waals surface area contributed by atoms with Crippen molar-refractivity contribution in [3.63, 3.8) is 0 Å². The maximum atomic E-state index is 12.9. The molecule has 190 valence electrons. The number of carboxylic acid groups (broad SMARTS) is 1. The van der Waals surface area contributed by atoms with Gasteiger partial charge in [-0.1, -0.05) is 42.0 Å². The monoisotopic (exact) mass is 564 g/mol. The highest BCUT2D eigenvalue weighted by molar-refractivity contribution is 9.10. The second-order valence-electron chi connectivity index (χ2n) is 8.42. The fourth-order valence-corrected chi connectivity index (χ4v) is 4.31. The zero-order valence-corrected chi connectivity index (χ0v) is 21.9. The summed E-state index contributed by atoms with van der Waals surface area (Å²) < 4.78 is 12.3. The van der Waals surface area contributed by atoms with E-state index in [9.17, 15) is 14.4 Å². The number of nitrogens with zero attached hydrogens (tertiary/aromatic N) is 1. The minimum Gasteiger partial charge on any atom is -0.490 e. The molecule has 1 aliphatic heterocycles. The SMILES string of the molecule is CCOc1cc(/C=C2/NC(=O)N(Cc3ccc(C)cc3)C2=O)cc(Br)c1OCc1ccc(C(=O)O)cc1. The highest BCUT2D eigenvalue weighted by Gasteiger charge is 2.33. The number of nitrogens with one attached hydrogen (secondary N) is 1. The van der Waals surface area contributed by atoms with Gasteiger partial charge in [0, 0.05) is 0 Å². The maximum Gasteiger partial charge on any atom is 0.335 e. The number of aryl methyl sites for hydroxylation is 1. The second kappa shape index (κ2) is 11.3. The van der Waals surface area contributed by atoms with Gasteiger partial charge in [-0.05, 0) is 76.8 Å². The number of hydrogen-bond acceptors (Lipinski definition) is 5. The molecule has 0 saturated carbocycles. The summed E-state index contributed by atoms with van der Waals surface area (Å²) in [5.41, 5.74) is 3.74. The van der Waals surface area contributed by atoms with Gasteiger partial charge in [-0.25, -0.2) is 9.59 Å². The summed E-state index contributed by atoms with van der Waals surface area (Å²) >= 11 is 3.52. The Kier molecular flexibility index (Phi) is 7.93. The van der Waals surface area contributed by atoms with Gasteiger partial charge >= 0.3 is 12.0 Å².